The minimum absolute atomic E-state index is 0.504. The Balaban J connectivity index is 5.42. The van der Waals surface area contributed by atoms with Crippen LogP contribution in [0.1, 0.15) is 54.9 Å². The monoisotopic (exact) mass is 425 g/mol. The number of methoxy groups -OCH3 is 1. The Morgan fingerprint density at radius 3 is 1.86 bits per heavy atom. The summed E-state index contributed by atoms with van der Waals surface area (Å²) >= 11 is 0. The number of hydrogen-bond donors (Lipinski definition) is 0. The quantitative estimate of drug-likeness (QED) is 0.450. The van der Waals surface area contributed by atoms with Gasteiger partial charge in [-0.05, 0) is 48.5 Å². The zero-order chi connectivity index (χ0) is 23.2. The lowest BCUT2D eigenvalue weighted by Crippen LogP contribution is -2.46. The molecule has 0 aliphatic rings. The highest BCUT2D eigenvalue weighted by molar-refractivity contribution is 5.77. The lowest BCUT2D eigenvalue weighted by molar-refractivity contribution is -0.172. The van der Waals surface area contributed by atoms with E-state index in [9.17, 15) is 23.2 Å². The Bertz CT molecular complexity index is 582. The Hall–Kier alpha value is -2.13. The zero-order valence-electron chi connectivity index (χ0n) is 18.6. The molecule has 0 bridgehead atoms. The molecule has 0 aromatic carbocycles. The van der Waals surface area contributed by atoms with Gasteiger partial charge >= 0.3 is 24.1 Å². The molecule has 170 valence electrons. The normalized spacial score (nSPS) is 14.4. The van der Waals surface area contributed by atoms with Gasteiger partial charge in [0.25, 0.3) is 0 Å². The van der Waals surface area contributed by atoms with Crippen LogP contribution in [0, 0.1) is 5.92 Å². The van der Waals surface area contributed by atoms with E-state index < -0.39 is 60.3 Å². The van der Waals surface area contributed by atoms with Crippen LogP contribution < -0.4 is 0 Å². The first-order valence-corrected chi connectivity index (χ1v) is 9.17. The van der Waals surface area contributed by atoms with Gasteiger partial charge in [0, 0.05) is 25.4 Å². The summed E-state index contributed by atoms with van der Waals surface area (Å²) in [4.78, 5) is 36.6. The van der Waals surface area contributed by atoms with E-state index in [-0.39, 0.29) is 0 Å². The fourth-order valence-electron chi connectivity index (χ4n) is 2.20. The SMILES string of the molecule is COC(=O)C(F)(F)C[C@@H](COC(=O)OC(C)(C)C)C(C)N(C)C(=O)OC(C)(C)C. The minimum Gasteiger partial charge on any atom is -0.465 e. The number of alkyl halides is 2. The third-order valence-corrected chi connectivity index (χ3v) is 3.78. The molecule has 0 aliphatic carbocycles. The van der Waals surface area contributed by atoms with Gasteiger partial charge in [-0.2, -0.15) is 8.78 Å². The Morgan fingerprint density at radius 2 is 1.45 bits per heavy atom. The third-order valence-electron chi connectivity index (χ3n) is 3.78. The molecular formula is C19H33F2NO7. The van der Waals surface area contributed by atoms with Crippen LogP contribution in [0.4, 0.5) is 18.4 Å². The molecule has 0 heterocycles. The van der Waals surface area contributed by atoms with E-state index in [1.807, 2.05) is 0 Å². The van der Waals surface area contributed by atoms with Crippen LogP contribution in [-0.4, -0.2) is 67.0 Å². The fraction of sp³-hybridized carbons (Fsp3) is 0.842. The van der Waals surface area contributed by atoms with Crippen LogP contribution >= 0.6 is 0 Å². The molecule has 0 radical (unpaired) electrons. The van der Waals surface area contributed by atoms with Crippen molar-refractivity contribution in [3.05, 3.63) is 0 Å². The number of amides is 1. The number of rotatable bonds is 7. The maximum absolute atomic E-state index is 14.2. The van der Waals surface area contributed by atoms with Crippen molar-refractivity contribution in [1.29, 1.82) is 0 Å². The molecule has 0 spiro atoms. The van der Waals surface area contributed by atoms with E-state index in [0.717, 1.165) is 12.0 Å². The van der Waals surface area contributed by atoms with E-state index in [0.29, 0.717) is 0 Å². The number of halogens is 2. The number of ether oxygens (including phenoxy) is 4. The maximum atomic E-state index is 14.2. The van der Waals surface area contributed by atoms with Crippen molar-refractivity contribution >= 4 is 18.2 Å². The van der Waals surface area contributed by atoms with Gasteiger partial charge in [0.15, 0.2) is 0 Å². The van der Waals surface area contributed by atoms with Crippen molar-refractivity contribution in [2.75, 3.05) is 20.8 Å². The smallest absolute Gasteiger partial charge is 0.465 e. The molecule has 1 unspecified atom stereocenters. The Kier molecular flexibility index (Phi) is 9.33. The van der Waals surface area contributed by atoms with Gasteiger partial charge in [0.1, 0.15) is 11.2 Å². The molecule has 0 fully saturated rings. The van der Waals surface area contributed by atoms with Crippen LogP contribution in [0.2, 0.25) is 0 Å². The molecule has 0 aromatic heterocycles. The second kappa shape index (κ2) is 10.1. The number of nitrogens with zero attached hydrogens (tertiary/aromatic N) is 1. The number of carbonyl (C=O) groups is 3. The van der Waals surface area contributed by atoms with Crippen LogP contribution in [0.15, 0.2) is 0 Å². The molecule has 0 aromatic rings. The van der Waals surface area contributed by atoms with E-state index in [1.165, 1.54) is 14.0 Å². The average molecular weight is 425 g/mol. The van der Waals surface area contributed by atoms with E-state index in [1.54, 1.807) is 41.5 Å². The molecule has 10 heteroatoms. The van der Waals surface area contributed by atoms with Crippen LogP contribution in [0.3, 0.4) is 0 Å². The highest BCUT2D eigenvalue weighted by atomic mass is 19.3. The lowest BCUT2D eigenvalue weighted by atomic mass is 9.93. The highest BCUT2D eigenvalue weighted by Gasteiger charge is 2.45. The van der Waals surface area contributed by atoms with E-state index in [4.69, 9.17) is 14.2 Å². The molecule has 0 saturated carbocycles. The van der Waals surface area contributed by atoms with Crippen LogP contribution in [0.25, 0.3) is 0 Å². The minimum atomic E-state index is -3.83. The molecular weight excluding hydrogens is 392 g/mol. The van der Waals surface area contributed by atoms with Gasteiger partial charge in [-0.1, -0.05) is 0 Å². The summed E-state index contributed by atoms with van der Waals surface area (Å²) in [5, 5.41) is 0. The number of hydrogen-bond acceptors (Lipinski definition) is 7. The van der Waals surface area contributed by atoms with Crippen molar-refractivity contribution < 1.29 is 42.1 Å². The molecule has 8 nitrogen and oxygen atoms in total. The van der Waals surface area contributed by atoms with Gasteiger partial charge in [-0.15, -0.1) is 0 Å². The predicted molar refractivity (Wildman–Crippen MR) is 101 cm³/mol. The molecule has 29 heavy (non-hydrogen) atoms. The first kappa shape index (κ1) is 26.9. The average Bonchev–Trinajstić information content (AvgIpc) is 2.53. The number of carbonyl (C=O) groups excluding carboxylic acids is 3. The van der Waals surface area contributed by atoms with Gasteiger partial charge in [0.05, 0.1) is 13.7 Å². The topological polar surface area (TPSA) is 91.4 Å². The molecule has 2 atom stereocenters. The van der Waals surface area contributed by atoms with Crippen molar-refractivity contribution in [3.8, 4) is 0 Å². The number of esters is 1. The van der Waals surface area contributed by atoms with E-state index in [2.05, 4.69) is 4.74 Å². The first-order chi connectivity index (χ1) is 12.9. The summed E-state index contributed by atoms with van der Waals surface area (Å²) in [5.41, 5.74) is -1.62. The summed E-state index contributed by atoms with van der Waals surface area (Å²) in [5.74, 6) is -6.65. The fourth-order valence-corrected chi connectivity index (χ4v) is 2.20. The van der Waals surface area contributed by atoms with Crippen LogP contribution in [0.5, 0.6) is 0 Å². The van der Waals surface area contributed by atoms with Crippen molar-refractivity contribution in [2.45, 2.75) is 78.1 Å². The zero-order valence-corrected chi connectivity index (χ0v) is 18.6. The lowest BCUT2D eigenvalue weighted by Gasteiger charge is -2.34. The van der Waals surface area contributed by atoms with Gasteiger partial charge in [-0.25, -0.2) is 14.4 Å². The molecule has 0 rings (SSSR count). The first-order valence-electron chi connectivity index (χ1n) is 9.17. The second-order valence-electron chi connectivity index (χ2n) is 8.77. The molecule has 0 aliphatic heterocycles. The maximum Gasteiger partial charge on any atom is 0.508 e. The van der Waals surface area contributed by atoms with E-state index >= 15 is 0 Å². The summed E-state index contributed by atoms with van der Waals surface area (Å²) in [7, 11) is 2.22. The summed E-state index contributed by atoms with van der Waals surface area (Å²) in [6.07, 6.45) is -2.79. The van der Waals surface area contributed by atoms with Crippen molar-refractivity contribution in [1.82, 2.24) is 4.90 Å². The Morgan fingerprint density at radius 1 is 0.966 bits per heavy atom. The summed E-state index contributed by atoms with van der Waals surface area (Å²) < 4.78 is 47.7. The van der Waals surface area contributed by atoms with Gasteiger partial charge in [0.2, 0.25) is 0 Å². The molecule has 1 amide bonds. The van der Waals surface area contributed by atoms with Gasteiger partial charge < -0.3 is 23.8 Å². The van der Waals surface area contributed by atoms with Crippen molar-refractivity contribution in [3.63, 3.8) is 0 Å². The van der Waals surface area contributed by atoms with Gasteiger partial charge in [-0.3, -0.25) is 0 Å². The largest absolute Gasteiger partial charge is 0.508 e. The predicted octanol–water partition coefficient (Wildman–Crippen LogP) is 4.01. The van der Waals surface area contributed by atoms with Crippen LogP contribution in [-0.2, 0) is 23.7 Å². The highest BCUT2D eigenvalue weighted by Crippen LogP contribution is 2.29. The molecule has 0 saturated heterocycles. The summed E-state index contributed by atoms with van der Waals surface area (Å²) in [6, 6.07) is -0.859. The second-order valence-corrected chi connectivity index (χ2v) is 8.77. The Labute approximate surface area is 170 Å². The summed E-state index contributed by atoms with van der Waals surface area (Å²) in [6.45, 7) is 10.8. The van der Waals surface area contributed by atoms with Crippen molar-refractivity contribution in [2.24, 2.45) is 5.92 Å². The standard InChI is InChI=1S/C19H33F2NO7/c1-12(22(8)15(24)28-17(2,3)4)13(10-19(20,21)14(23)26-9)11-27-16(25)29-18(5,6)7/h12-13H,10-11H2,1-9H3/t12?,13-/m0/s1. The molecule has 0 N–H and O–H groups in total. The third kappa shape index (κ3) is 10.3.